The molecule has 0 unspecified atom stereocenters. The summed E-state index contributed by atoms with van der Waals surface area (Å²) in [5.74, 6) is 0. The average molecular weight is 247 g/mol. The predicted octanol–water partition coefficient (Wildman–Crippen LogP) is 5.03. The normalized spacial score (nSPS) is 13.2. The fraction of sp³-hybridized carbons (Fsp3) is 0.211. The zero-order valence-electron chi connectivity index (χ0n) is 11.4. The van der Waals surface area contributed by atoms with Gasteiger partial charge in [0.05, 0.1) is 0 Å². The van der Waals surface area contributed by atoms with Gasteiger partial charge >= 0.3 is 0 Å². The molecule has 0 N–H and O–H groups in total. The summed E-state index contributed by atoms with van der Waals surface area (Å²) in [6, 6.07) is 17.6. The molecule has 2 aromatic rings. The Labute approximate surface area is 115 Å². The van der Waals surface area contributed by atoms with Gasteiger partial charge in [-0.2, -0.15) is 0 Å². The van der Waals surface area contributed by atoms with Gasteiger partial charge < -0.3 is 0 Å². The second-order valence-corrected chi connectivity index (χ2v) is 5.14. The van der Waals surface area contributed by atoms with Crippen molar-refractivity contribution in [1.82, 2.24) is 0 Å². The molecule has 0 amide bonds. The van der Waals surface area contributed by atoms with Crippen molar-refractivity contribution in [1.29, 1.82) is 0 Å². The Morgan fingerprint density at radius 2 is 1.84 bits per heavy atom. The third kappa shape index (κ3) is 2.49. The first-order valence-electron chi connectivity index (χ1n) is 7.12. The van der Waals surface area contributed by atoms with Gasteiger partial charge in [-0.1, -0.05) is 68.0 Å². The van der Waals surface area contributed by atoms with Crippen molar-refractivity contribution in [2.75, 3.05) is 0 Å². The maximum absolute atomic E-state index is 2.34. The average Bonchev–Trinajstić information content (AvgIpc) is 2.89. The highest BCUT2D eigenvalue weighted by molar-refractivity contribution is 5.87. The first-order chi connectivity index (χ1) is 9.38. The van der Waals surface area contributed by atoms with Crippen LogP contribution >= 0.6 is 0 Å². The highest BCUT2D eigenvalue weighted by Gasteiger charge is 2.14. The minimum absolute atomic E-state index is 1.18. The molecule has 1 aliphatic carbocycles. The van der Waals surface area contributed by atoms with E-state index in [9.17, 15) is 0 Å². The molecule has 0 heteroatoms. The number of rotatable bonds is 4. The van der Waals surface area contributed by atoms with Crippen LogP contribution in [-0.2, 0) is 6.42 Å². The standard InChI is InChI=1S/C19H19/c1-2-3-7-15-8-6-10-17(14-15)19-13-12-16-9-4-5-11-18(16)19/h4-6,8-14H,2-3,7H2,1H3. The number of unbranched alkanes of at least 4 members (excludes halogenated alkanes) is 1. The first kappa shape index (κ1) is 12.2. The van der Waals surface area contributed by atoms with Gasteiger partial charge in [-0.3, -0.25) is 0 Å². The van der Waals surface area contributed by atoms with Crippen LogP contribution in [0.2, 0.25) is 0 Å². The van der Waals surface area contributed by atoms with E-state index in [-0.39, 0.29) is 0 Å². The molecule has 0 bridgehead atoms. The molecule has 0 spiro atoms. The Morgan fingerprint density at radius 1 is 0.947 bits per heavy atom. The molecule has 95 valence electrons. The van der Waals surface area contributed by atoms with E-state index in [1.807, 2.05) is 0 Å². The van der Waals surface area contributed by atoms with E-state index in [1.54, 1.807) is 0 Å². The first-order valence-corrected chi connectivity index (χ1v) is 7.12. The van der Waals surface area contributed by atoms with E-state index in [0.29, 0.717) is 0 Å². The van der Waals surface area contributed by atoms with Crippen molar-refractivity contribution in [3.05, 3.63) is 83.3 Å². The second-order valence-electron chi connectivity index (χ2n) is 5.14. The summed E-state index contributed by atoms with van der Waals surface area (Å²) >= 11 is 0. The molecule has 0 aliphatic heterocycles. The van der Waals surface area contributed by atoms with Crippen molar-refractivity contribution in [3.63, 3.8) is 0 Å². The lowest BCUT2D eigenvalue weighted by molar-refractivity contribution is 0.795. The summed E-state index contributed by atoms with van der Waals surface area (Å²) in [5.41, 5.74) is 6.83. The number of benzene rings is 2. The number of hydrogen-bond donors (Lipinski definition) is 0. The zero-order valence-corrected chi connectivity index (χ0v) is 11.4. The van der Waals surface area contributed by atoms with Crippen LogP contribution in [0, 0.1) is 6.42 Å². The molecular weight excluding hydrogens is 228 g/mol. The van der Waals surface area contributed by atoms with Gasteiger partial charge in [0.25, 0.3) is 0 Å². The second kappa shape index (κ2) is 5.44. The smallest absolute Gasteiger partial charge is 0.0138 e. The van der Waals surface area contributed by atoms with Crippen LogP contribution in [0.3, 0.4) is 0 Å². The molecule has 0 saturated carbocycles. The summed E-state index contributed by atoms with van der Waals surface area (Å²) in [7, 11) is 0. The van der Waals surface area contributed by atoms with Gasteiger partial charge in [0, 0.05) is 6.42 Å². The van der Waals surface area contributed by atoms with Crippen LogP contribution in [0.25, 0.3) is 5.57 Å². The number of fused-ring (bicyclic) bond motifs is 1. The Hall–Kier alpha value is -1.82. The van der Waals surface area contributed by atoms with Crippen LogP contribution in [0.1, 0.15) is 42.0 Å². The fourth-order valence-corrected chi connectivity index (χ4v) is 2.68. The maximum atomic E-state index is 2.34. The molecule has 0 aromatic heterocycles. The number of allylic oxidation sites excluding steroid dienone is 1. The topological polar surface area (TPSA) is 0 Å². The monoisotopic (exact) mass is 247 g/mol. The Balaban J connectivity index is 1.91. The van der Waals surface area contributed by atoms with E-state index in [4.69, 9.17) is 0 Å². The molecule has 3 rings (SSSR count). The summed E-state index contributed by atoms with van der Waals surface area (Å²) in [6.45, 7) is 2.24. The third-order valence-corrected chi connectivity index (χ3v) is 3.74. The number of hydrogen-bond acceptors (Lipinski definition) is 0. The van der Waals surface area contributed by atoms with Crippen molar-refractivity contribution in [3.8, 4) is 0 Å². The van der Waals surface area contributed by atoms with Crippen LogP contribution < -0.4 is 0 Å². The van der Waals surface area contributed by atoms with Crippen molar-refractivity contribution < 1.29 is 0 Å². The zero-order chi connectivity index (χ0) is 13.1. The van der Waals surface area contributed by atoms with Gasteiger partial charge in [0.1, 0.15) is 0 Å². The van der Waals surface area contributed by atoms with Crippen molar-refractivity contribution >= 4 is 5.57 Å². The van der Waals surface area contributed by atoms with Gasteiger partial charge in [0.15, 0.2) is 0 Å². The van der Waals surface area contributed by atoms with E-state index in [0.717, 1.165) is 0 Å². The lowest BCUT2D eigenvalue weighted by atomic mass is 9.96. The summed E-state index contributed by atoms with van der Waals surface area (Å²) in [6.07, 6.45) is 8.16. The minimum Gasteiger partial charge on any atom is -0.0676 e. The minimum atomic E-state index is 1.18. The van der Waals surface area contributed by atoms with Crippen LogP contribution in [0.5, 0.6) is 0 Å². The van der Waals surface area contributed by atoms with Gasteiger partial charge in [-0.05, 0) is 40.7 Å². The summed E-state index contributed by atoms with van der Waals surface area (Å²) < 4.78 is 0. The van der Waals surface area contributed by atoms with Gasteiger partial charge in [-0.15, -0.1) is 0 Å². The summed E-state index contributed by atoms with van der Waals surface area (Å²) in [4.78, 5) is 0. The maximum Gasteiger partial charge on any atom is 0.0138 e. The fourth-order valence-electron chi connectivity index (χ4n) is 2.68. The lowest BCUT2D eigenvalue weighted by Crippen LogP contribution is -1.90. The molecule has 1 radical (unpaired) electrons. The van der Waals surface area contributed by atoms with Gasteiger partial charge in [-0.25, -0.2) is 0 Å². The molecular formula is C19H19. The SMILES string of the molecule is CCCCc1cccc(C2=C[CH]c3ccccc32)c1. The quantitative estimate of drug-likeness (QED) is 0.711. The Kier molecular flexibility index (Phi) is 3.50. The van der Waals surface area contributed by atoms with Crippen molar-refractivity contribution in [2.45, 2.75) is 26.2 Å². The molecule has 19 heavy (non-hydrogen) atoms. The van der Waals surface area contributed by atoms with E-state index < -0.39 is 0 Å². The molecule has 0 atom stereocenters. The van der Waals surface area contributed by atoms with Crippen LogP contribution in [-0.4, -0.2) is 0 Å². The highest BCUT2D eigenvalue weighted by atomic mass is 14.2. The highest BCUT2D eigenvalue weighted by Crippen LogP contribution is 2.33. The molecule has 2 aromatic carbocycles. The molecule has 0 saturated heterocycles. The van der Waals surface area contributed by atoms with Crippen LogP contribution in [0.15, 0.2) is 54.6 Å². The lowest BCUT2D eigenvalue weighted by Gasteiger charge is -2.08. The van der Waals surface area contributed by atoms with Gasteiger partial charge in [0.2, 0.25) is 0 Å². The largest absolute Gasteiger partial charge is 0.0676 e. The third-order valence-electron chi connectivity index (χ3n) is 3.74. The van der Waals surface area contributed by atoms with E-state index in [2.05, 4.69) is 68.0 Å². The van der Waals surface area contributed by atoms with E-state index >= 15 is 0 Å². The van der Waals surface area contributed by atoms with Crippen LogP contribution in [0.4, 0.5) is 0 Å². The molecule has 0 nitrogen and oxygen atoms in total. The molecule has 0 heterocycles. The molecule has 0 fully saturated rings. The Morgan fingerprint density at radius 3 is 2.74 bits per heavy atom. The predicted molar refractivity (Wildman–Crippen MR) is 82.0 cm³/mol. The molecule has 1 aliphatic rings. The Bertz CT molecular complexity index is 605. The van der Waals surface area contributed by atoms with E-state index in [1.165, 1.54) is 47.1 Å². The van der Waals surface area contributed by atoms with Crippen molar-refractivity contribution in [2.24, 2.45) is 0 Å². The number of aryl methyl sites for hydroxylation is 1. The summed E-state index contributed by atoms with van der Waals surface area (Å²) in [5, 5.41) is 0.